The summed E-state index contributed by atoms with van der Waals surface area (Å²) in [5.41, 5.74) is 0. The van der Waals surface area contributed by atoms with Crippen LogP contribution in [-0.4, -0.2) is 38.1 Å². The van der Waals surface area contributed by atoms with E-state index in [1.54, 1.807) is 0 Å². The molecule has 2 nitrogen and oxygen atoms in total. The Kier molecular flexibility index (Phi) is 11.9. The number of hydrogen-bond donors (Lipinski definition) is 1. The molecule has 92 valence electrons. The van der Waals surface area contributed by atoms with E-state index in [4.69, 9.17) is 0 Å². The first-order valence-electron chi connectivity index (χ1n) is 6.70. The van der Waals surface area contributed by atoms with Crippen molar-refractivity contribution in [1.29, 1.82) is 0 Å². The Morgan fingerprint density at radius 1 is 0.867 bits per heavy atom. The molecule has 0 radical (unpaired) electrons. The summed E-state index contributed by atoms with van der Waals surface area (Å²) in [7, 11) is 2.25. The summed E-state index contributed by atoms with van der Waals surface area (Å²) in [6, 6.07) is 0. The third kappa shape index (κ3) is 11.8. The van der Waals surface area contributed by atoms with Crippen LogP contribution in [0.3, 0.4) is 0 Å². The van der Waals surface area contributed by atoms with Crippen LogP contribution in [0.2, 0.25) is 0 Å². The molecule has 0 amide bonds. The highest BCUT2D eigenvalue weighted by atomic mass is 15.1. The second-order valence-corrected chi connectivity index (χ2v) is 4.42. The van der Waals surface area contributed by atoms with Crippen LogP contribution in [-0.2, 0) is 0 Å². The van der Waals surface area contributed by atoms with Gasteiger partial charge in [0, 0.05) is 0 Å². The zero-order valence-corrected chi connectivity index (χ0v) is 11.0. The standard InChI is InChI=1S/C13H30N2/c1-4-6-9-12-15(3)13-10-7-8-11-14-5-2/h14H,4-13H2,1-3H3. The molecule has 0 fully saturated rings. The van der Waals surface area contributed by atoms with E-state index in [0.717, 1.165) is 6.54 Å². The van der Waals surface area contributed by atoms with Crippen molar-refractivity contribution in [2.75, 3.05) is 33.2 Å². The van der Waals surface area contributed by atoms with E-state index in [-0.39, 0.29) is 0 Å². The van der Waals surface area contributed by atoms with Gasteiger partial charge in [-0.25, -0.2) is 0 Å². The Labute approximate surface area is 96.4 Å². The highest BCUT2D eigenvalue weighted by Gasteiger charge is 1.97. The van der Waals surface area contributed by atoms with Crippen LogP contribution >= 0.6 is 0 Å². The number of nitrogens with zero attached hydrogens (tertiary/aromatic N) is 1. The van der Waals surface area contributed by atoms with E-state index < -0.39 is 0 Å². The van der Waals surface area contributed by atoms with Gasteiger partial charge in [-0.05, 0) is 52.5 Å². The molecular weight excluding hydrogens is 184 g/mol. The Hall–Kier alpha value is -0.0800. The number of unbranched alkanes of at least 4 members (excludes halogenated alkanes) is 4. The fourth-order valence-electron chi connectivity index (χ4n) is 1.73. The molecular formula is C13H30N2. The van der Waals surface area contributed by atoms with E-state index in [1.165, 1.54) is 58.2 Å². The van der Waals surface area contributed by atoms with Gasteiger partial charge in [-0.3, -0.25) is 0 Å². The predicted octanol–water partition coefficient (Wildman–Crippen LogP) is 2.89. The van der Waals surface area contributed by atoms with Gasteiger partial charge >= 0.3 is 0 Å². The molecule has 15 heavy (non-hydrogen) atoms. The summed E-state index contributed by atoms with van der Waals surface area (Å²) in [5.74, 6) is 0. The molecule has 0 aromatic heterocycles. The lowest BCUT2D eigenvalue weighted by atomic mass is 10.2. The van der Waals surface area contributed by atoms with Gasteiger partial charge in [-0.1, -0.05) is 33.1 Å². The third-order valence-corrected chi connectivity index (χ3v) is 2.79. The van der Waals surface area contributed by atoms with Crippen molar-refractivity contribution in [2.24, 2.45) is 0 Å². The largest absolute Gasteiger partial charge is 0.317 e. The lowest BCUT2D eigenvalue weighted by Crippen LogP contribution is -2.21. The highest BCUT2D eigenvalue weighted by Crippen LogP contribution is 2.00. The molecule has 0 heterocycles. The average molecular weight is 214 g/mol. The summed E-state index contributed by atoms with van der Waals surface area (Å²) in [4.78, 5) is 2.48. The van der Waals surface area contributed by atoms with Crippen LogP contribution in [0.15, 0.2) is 0 Å². The normalized spacial score (nSPS) is 11.2. The highest BCUT2D eigenvalue weighted by molar-refractivity contribution is 4.53. The van der Waals surface area contributed by atoms with Crippen LogP contribution in [0, 0.1) is 0 Å². The molecule has 0 aliphatic carbocycles. The second kappa shape index (κ2) is 12.0. The van der Waals surface area contributed by atoms with E-state index >= 15 is 0 Å². The van der Waals surface area contributed by atoms with Crippen molar-refractivity contribution in [3.63, 3.8) is 0 Å². The Morgan fingerprint density at radius 2 is 1.53 bits per heavy atom. The second-order valence-electron chi connectivity index (χ2n) is 4.42. The minimum Gasteiger partial charge on any atom is -0.317 e. The summed E-state index contributed by atoms with van der Waals surface area (Å²) in [5, 5.41) is 3.36. The number of nitrogens with one attached hydrogen (secondary N) is 1. The summed E-state index contributed by atoms with van der Waals surface area (Å²) in [6.45, 7) is 9.28. The maximum absolute atomic E-state index is 3.36. The third-order valence-electron chi connectivity index (χ3n) is 2.79. The van der Waals surface area contributed by atoms with Crippen molar-refractivity contribution in [3.8, 4) is 0 Å². The Morgan fingerprint density at radius 3 is 2.13 bits per heavy atom. The van der Waals surface area contributed by atoms with E-state index in [9.17, 15) is 0 Å². The van der Waals surface area contributed by atoms with Gasteiger partial charge in [0.05, 0.1) is 0 Å². The summed E-state index contributed by atoms with van der Waals surface area (Å²) in [6.07, 6.45) is 8.13. The molecule has 0 aromatic rings. The van der Waals surface area contributed by atoms with Gasteiger partial charge in [0.1, 0.15) is 0 Å². The molecule has 2 heteroatoms. The fourth-order valence-corrected chi connectivity index (χ4v) is 1.73. The average Bonchev–Trinajstić information content (AvgIpc) is 2.23. The minimum absolute atomic E-state index is 1.11. The molecule has 1 N–H and O–H groups in total. The molecule has 0 aliphatic rings. The van der Waals surface area contributed by atoms with Gasteiger partial charge in [-0.2, -0.15) is 0 Å². The minimum atomic E-state index is 1.11. The molecule has 0 saturated carbocycles. The SMILES string of the molecule is CCCCCN(C)CCCCCNCC. The quantitative estimate of drug-likeness (QED) is 0.532. The maximum atomic E-state index is 3.36. The maximum Gasteiger partial charge on any atom is -0.00218 e. The van der Waals surface area contributed by atoms with Gasteiger partial charge in [0.25, 0.3) is 0 Å². The molecule has 0 aliphatic heterocycles. The van der Waals surface area contributed by atoms with E-state index in [0.29, 0.717) is 0 Å². The van der Waals surface area contributed by atoms with Crippen molar-refractivity contribution in [1.82, 2.24) is 10.2 Å². The first-order chi connectivity index (χ1) is 7.31. The van der Waals surface area contributed by atoms with Crippen molar-refractivity contribution in [3.05, 3.63) is 0 Å². The van der Waals surface area contributed by atoms with Crippen LogP contribution in [0.1, 0.15) is 52.4 Å². The zero-order chi connectivity index (χ0) is 11.4. The van der Waals surface area contributed by atoms with Crippen molar-refractivity contribution < 1.29 is 0 Å². The first kappa shape index (κ1) is 14.9. The predicted molar refractivity (Wildman–Crippen MR) is 69.4 cm³/mol. The Bertz CT molecular complexity index is 115. The van der Waals surface area contributed by atoms with Crippen molar-refractivity contribution in [2.45, 2.75) is 52.4 Å². The molecule has 0 saturated heterocycles. The molecule has 0 rings (SSSR count). The first-order valence-corrected chi connectivity index (χ1v) is 6.70. The van der Waals surface area contributed by atoms with Crippen molar-refractivity contribution >= 4 is 0 Å². The van der Waals surface area contributed by atoms with Gasteiger partial charge in [0.15, 0.2) is 0 Å². The lowest BCUT2D eigenvalue weighted by molar-refractivity contribution is 0.316. The summed E-state index contributed by atoms with van der Waals surface area (Å²) < 4.78 is 0. The van der Waals surface area contributed by atoms with E-state index in [1.807, 2.05) is 0 Å². The van der Waals surface area contributed by atoms with Crippen LogP contribution in [0.5, 0.6) is 0 Å². The van der Waals surface area contributed by atoms with Gasteiger partial charge < -0.3 is 10.2 Å². The molecule has 0 spiro atoms. The molecule has 0 aromatic carbocycles. The zero-order valence-electron chi connectivity index (χ0n) is 11.0. The lowest BCUT2D eigenvalue weighted by Gasteiger charge is -2.15. The number of rotatable bonds is 11. The summed E-state index contributed by atoms with van der Waals surface area (Å²) >= 11 is 0. The topological polar surface area (TPSA) is 15.3 Å². The fraction of sp³-hybridized carbons (Fsp3) is 1.00. The molecule has 0 bridgehead atoms. The Balaban J connectivity index is 3.06. The monoisotopic (exact) mass is 214 g/mol. The molecule has 0 atom stereocenters. The van der Waals surface area contributed by atoms with Crippen LogP contribution in [0.25, 0.3) is 0 Å². The van der Waals surface area contributed by atoms with Gasteiger partial charge in [0.2, 0.25) is 0 Å². The smallest absolute Gasteiger partial charge is 0.00218 e. The van der Waals surface area contributed by atoms with Gasteiger partial charge in [-0.15, -0.1) is 0 Å². The molecule has 0 unspecified atom stereocenters. The van der Waals surface area contributed by atoms with E-state index in [2.05, 4.69) is 31.1 Å². The number of hydrogen-bond acceptors (Lipinski definition) is 2. The van der Waals surface area contributed by atoms with Crippen LogP contribution < -0.4 is 5.32 Å². The van der Waals surface area contributed by atoms with Crippen LogP contribution in [0.4, 0.5) is 0 Å².